The zero-order chi connectivity index (χ0) is 28.1. The molecule has 5 heterocycles. The number of rotatable bonds is 5. The van der Waals surface area contributed by atoms with Gasteiger partial charge < -0.3 is 19.4 Å². The number of aromatic nitrogens is 3. The first-order valence-corrected chi connectivity index (χ1v) is 14.9. The molecule has 3 aliphatic rings. The molecule has 0 radical (unpaired) electrons. The van der Waals surface area contributed by atoms with E-state index in [1.165, 1.54) is 12.6 Å². The van der Waals surface area contributed by atoms with E-state index >= 15 is 0 Å². The Morgan fingerprint density at radius 1 is 1.05 bits per heavy atom. The molecule has 0 bridgehead atoms. The molecule has 0 amide bonds. The van der Waals surface area contributed by atoms with Crippen LogP contribution in [0.5, 0.6) is 6.01 Å². The zero-order valence-corrected chi connectivity index (χ0v) is 24.2. The number of ether oxygens (including phenoxy) is 1. The zero-order valence-electron chi connectivity index (χ0n) is 23.5. The largest absolute Gasteiger partial charge is 0.462 e. The number of halogens is 2. The second-order valence-electron chi connectivity index (χ2n) is 11.6. The molecule has 9 heteroatoms. The highest BCUT2D eigenvalue weighted by Crippen LogP contribution is 2.38. The Morgan fingerprint density at radius 2 is 1.90 bits per heavy atom. The van der Waals surface area contributed by atoms with Crippen molar-refractivity contribution in [2.45, 2.75) is 57.8 Å². The first kappa shape index (κ1) is 26.4. The average Bonchev–Trinajstić information content (AvgIpc) is 3.39. The number of hydrogen-bond acceptors (Lipinski definition) is 7. The third-order valence-corrected chi connectivity index (χ3v) is 9.33. The highest BCUT2D eigenvalue weighted by Gasteiger charge is 2.32. The van der Waals surface area contributed by atoms with Crippen molar-refractivity contribution in [3.63, 3.8) is 0 Å². The van der Waals surface area contributed by atoms with Gasteiger partial charge in [0, 0.05) is 53.6 Å². The van der Waals surface area contributed by atoms with E-state index in [-0.39, 0.29) is 11.9 Å². The molecular formula is C32H34ClFN6O. The maximum absolute atomic E-state index is 14.9. The van der Waals surface area contributed by atoms with Crippen LogP contribution in [0.1, 0.15) is 42.1 Å². The Morgan fingerprint density at radius 3 is 2.73 bits per heavy atom. The van der Waals surface area contributed by atoms with Gasteiger partial charge in [0.2, 0.25) is 0 Å². The maximum Gasteiger partial charge on any atom is 0.318 e. The topological polar surface area (TPSA) is 57.6 Å². The van der Waals surface area contributed by atoms with Crippen LogP contribution in [0.25, 0.3) is 10.8 Å². The van der Waals surface area contributed by atoms with Crippen LogP contribution >= 0.6 is 11.6 Å². The third kappa shape index (κ3) is 4.87. The predicted molar refractivity (Wildman–Crippen MR) is 160 cm³/mol. The van der Waals surface area contributed by atoms with Gasteiger partial charge in [0.25, 0.3) is 0 Å². The Kier molecular flexibility index (Phi) is 6.91. The van der Waals surface area contributed by atoms with Crippen molar-refractivity contribution in [1.29, 1.82) is 0 Å². The number of benzene rings is 2. The lowest BCUT2D eigenvalue weighted by Gasteiger charge is -2.39. The molecular weight excluding hydrogens is 539 g/mol. The van der Waals surface area contributed by atoms with E-state index in [9.17, 15) is 4.39 Å². The summed E-state index contributed by atoms with van der Waals surface area (Å²) in [7, 11) is 2.14. The second kappa shape index (κ2) is 10.7. The minimum absolute atomic E-state index is 0.133. The van der Waals surface area contributed by atoms with Crippen LogP contribution in [0.4, 0.5) is 15.9 Å². The molecule has 2 aromatic carbocycles. The van der Waals surface area contributed by atoms with Gasteiger partial charge in [-0.05, 0) is 69.3 Å². The molecule has 4 aromatic rings. The molecule has 7 rings (SSSR count). The summed E-state index contributed by atoms with van der Waals surface area (Å²) >= 11 is 6.70. The molecule has 0 aliphatic carbocycles. The summed E-state index contributed by atoms with van der Waals surface area (Å²) in [6.45, 7) is 5.67. The van der Waals surface area contributed by atoms with Crippen LogP contribution in [-0.4, -0.2) is 58.7 Å². The quantitative estimate of drug-likeness (QED) is 0.299. The molecule has 1 saturated heterocycles. The molecule has 3 aliphatic heterocycles. The number of fused-ring (bicyclic) bond motifs is 3. The summed E-state index contributed by atoms with van der Waals surface area (Å²) in [5.41, 5.74) is 4.83. The third-order valence-electron chi connectivity index (χ3n) is 9.01. The van der Waals surface area contributed by atoms with Crippen molar-refractivity contribution in [2.24, 2.45) is 0 Å². The number of likely N-dealkylation sites (N-methyl/N-ethyl adjacent to an activating group) is 1. The van der Waals surface area contributed by atoms with Crippen LogP contribution < -0.4 is 14.5 Å². The molecule has 0 spiro atoms. The molecule has 2 aromatic heterocycles. The average molecular weight is 573 g/mol. The van der Waals surface area contributed by atoms with Crippen molar-refractivity contribution >= 4 is 33.9 Å². The first-order valence-electron chi connectivity index (χ1n) is 14.5. The predicted octanol–water partition coefficient (Wildman–Crippen LogP) is 5.80. The molecule has 0 unspecified atom stereocenters. The molecule has 0 saturated carbocycles. The van der Waals surface area contributed by atoms with E-state index in [1.54, 1.807) is 6.20 Å². The Labute approximate surface area is 244 Å². The van der Waals surface area contributed by atoms with E-state index in [0.717, 1.165) is 70.1 Å². The minimum atomic E-state index is -0.262. The normalized spacial score (nSPS) is 20.8. The lowest BCUT2D eigenvalue weighted by molar-refractivity contribution is 0.187. The first-order chi connectivity index (χ1) is 20.0. The van der Waals surface area contributed by atoms with Gasteiger partial charge in [0.15, 0.2) is 0 Å². The Bertz CT molecular complexity index is 1610. The van der Waals surface area contributed by atoms with E-state index in [2.05, 4.69) is 57.9 Å². The number of pyridine rings is 1. The van der Waals surface area contributed by atoms with Crippen LogP contribution in [0.15, 0.2) is 48.8 Å². The maximum atomic E-state index is 14.9. The van der Waals surface area contributed by atoms with Crippen LogP contribution in [0, 0.1) is 5.82 Å². The van der Waals surface area contributed by atoms with Gasteiger partial charge in [0.1, 0.15) is 18.2 Å². The van der Waals surface area contributed by atoms with Crippen molar-refractivity contribution in [3.05, 3.63) is 82.0 Å². The minimum Gasteiger partial charge on any atom is -0.462 e. The number of nitrogens with zero attached hydrogens (tertiary/aromatic N) is 6. The molecule has 212 valence electrons. The summed E-state index contributed by atoms with van der Waals surface area (Å²) in [6, 6.07) is 13.2. The molecule has 2 atom stereocenters. The van der Waals surface area contributed by atoms with Gasteiger partial charge in [-0.3, -0.25) is 4.98 Å². The Balaban J connectivity index is 1.27. The lowest BCUT2D eigenvalue weighted by atomic mass is 9.95. The van der Waals surface area contributed by atoms with E-state index < -0.39 is 0 Å². The lowest BCUT2D eigenvalue weighted by Crippen LogP contribution is -2.41. The summed E-state index contributed by atoms with van der Waals surface area (Å²) in [5, 5.41) is 2.92. The SMILES string of the molecule is C[C@H]1Cc2cncc(F)c2CN1c1nc(OC[C@@H]2CCCN2C)nc2c1CCN(c1cccc3cccc(Cl)c13)C2. The van der Waals surface area contributed by atoms with Gasteiger partial charge in [-0.1, -0.05) is 35.9 Å². The molecule has 0 N–H and O–H groups in total. The summed E-state index contributed by atoms with van der Waals surface area (Å²) in [6.07, 6.45) is 6.87. The number of likely N-dealkylation sites (tertiary alicyclic amines) is 1. The highest BCUT2D eigenvalue weighted by molar-refractivity contribution is 6.36. The fourth-order valence-corrected chi connectivity index (χ4v) is 6.97. The van der Waals surface area contributed by atoms with E-state index in [1.807, 2.05) is 12.1 Å². The molecule has 1 fully saturated rings. The van der Waals surface area contributed by atoms with Crippen molar-refractivity contribution in [1.82, 2.24) is 19.9 Å². The second-order valence-corrected chi connectivity index (χ2v) is 12.0. The van der Waals surface area contributed by atoms with E-state index in [0.29, 0.717) is 43.7 Å². The van der Waals surface area contributed by atoms with Gasteiger partial charge in [-0.2, -0.15) is 9.97 Å². The van der Waals surface area contributed by atoms with Crippen molar-refractivity contribution < 1.29 is 9.13 Å². The summed E-state index contributed by atoms with van der Waals surface area (Å²) in [5.74, 6) is 0.594. The standard InChI is InChI=1S/C32H34ClFN6O/c1-20-14-22-15-35-16-27(34)25(22)17-40(20)31-24-11-13-39(29-10-4-7-21-6-3-9-26(33)30(21)29)18-28(24)36-32(37-31)41-19-23-8-5-12-38(23)2/h3-4,6-7,9-10,15-16,20,23H,5,8,11-14,17-19H2,1-2H3/t20-,23-/m0/s1. The number of anilines is 2. The van der Waals surface area contributed by atoms with Crippen molar-refractivity contribution in [2.75, 3.05) is 36.5 Å². The smallest absolute Gasteiger partial charge is 0.318 e. The Hall–Kier alpha value is -3.49. The highest BCUT2D eigenvalue weighted by atomic mass is 35.5. The summed E-state index contributed by atoms with van der Waals surface area (Å²) < 4.78 is 21.2. The van der Waals surface area contributed by atoms with Crippen LogP contribution in [0.2, 0.25) is 5.02 Å². The number of hydrogen-bond donors (Lipinski definition) is 0. The monoisotopic (exact) mass is 572 g/mol. The fourth-order valence-electron chi connectivity index (χ4n) is 6.69. The fraction of sp³-hybridized carbons (Fsp3) is 0.406. The van der Waals surface area contributed by atoms with Gasteiger partial charge in [0.05, 0.1) is 23.5 Å². The van der Waals surface area contributed by atoms with Crippen LogP contribution in [0.3, 0.4) is 0 Å². The molecule has 41 heavy (non-hydrogen) atoms. The van der Waals surface area contributed by atoms with Crippen molar-refractivity contribution in [3.8, 4) is 6.01 Å². The van der Waals surface area contributed by atoms with E-state index in [4.69, 9.17) is 26.3 Å². The van der Waals surface area contributed by atoms with Gasteiger partial charge >= 0.3 is 6.01 Å². The van der Waals surface area contributed by atoms with Crippen LogP contribution in [-0.2, 0) is 25.9 Å². The summed E-state index contributed by atoms with van der Waals surface area (Å²) in [4.78, 5) is 21.0. The molecule has 7 nitrogen and oxygen atoms in total. The van der Waals surface area contributed by atoms with Gasteiger partial charge in [-0.25, -0.2) is 4.39 Å². The van der Waals surface area contributed by atoms with Gasteiger partial charge in [-0.15, -0.1) is 0 Å².